The molecule has 0 aromatic heterocycles. The third kappa shape index (κ3) is 5.84. The predicted molar refractivity (Wildman–Crippen MR) is 109 cm³/mol. The summed E-state index contributed by atoms with van der Waals surface area (Å²) in [5.74, 6) is -0.186. The van der Waals surface area contributed by atoms with Gasteiger partial charge in [-0.3, -0.25) is 9.59 Å². The largest absolute Gasteiger partial charge is 0.333 e. The zero-order chi connectivity index (χ0) is 19.8. The molecule has 4 amide bonds. The molecule has 2 aromatic carbocycles. The Morgan fingerprint density at radius 3 is 2.07 bits per heavy atom. The van der Waals surface area contributed by atoms with Crippen LogP contribution in [0.5, 0.6) is 0 Å². The quantitative estimate of drug-likeness (QED) is 0.739. The van der Waals surface area contributed by atoms with E-state index < -0.39 is 0 Å². The Labute approximate surface area is 164 Å². The average molecular weight is 380 g/mol. The van der Waals surface area contributed by atoms with E-state index in [2.05, 4.69) is 16.0 Å². The zero-order valence-corrected chi connectivity index (χ0v) is 15.6. The van der Waals surface area contributed by atoms with Crippen LogP contribution in [0.15, 0.2) is 54.6 Å². The second kappa shape index (κ2) is 9.55. The van der Waals surface area contributed by atoms with Gasteiger partial charge >= 0.3 is 6.03 Å². The molecule has 1 fully saturated rings. The van der Waals surface area contributed by atoms with E-state index in [9.17, 15) is 14.4 Å². The van der Waals surface area contributed by atoms with Crippen molar-refractivity contribution in [3.63, 3.8) is 0 Å². The molecule has 3 rings (SSSR count). The van der Waals surface area contributed by atoms with E-state index in [1.165, 1.54) is 0 Å². The molecule has 3 N–H and O–H groups in total. The molecule has 0 unspecified atom stereocenters. The number of hydrogen-bond acceptors (Lipinski definition) is 3. The standard InChI is InChI=1S/C21H24N4O3/c26-19(15-25-14-6-2-5-9-20(25)27)22-17-10-12-18(13-11-17)24-21(28)23-16-7-3-1-4-8-16/h1,3-4,7-8,10-13H,2,5-6,9,14-15H2,(H,22,26)(H2,23,24,28). The molecule has 1 aliphatic heterocycles. The maximum atomic E-state index is 12.2. The van der Waals surface area contributed by atoms with Gasteiger partial charge in [-0.2, -0.15) is 0 Å². The third-order valence-corrected chi connectivity index (χ3v) is 4.46. The number of anilines is 3. The minimum Gasteiger partial charge on any atom is -0.333 e. The third-order valence-electron chi connectivity index (χ3n) is 4.46. The highest BCUT2D eigenvalue weighted by Gasteiger charge is 2.19. The number of para-hydroxylation sites is 1. The Morgan fingerprint density at radius 2 is 1.39 bits per heavy atom. The molecular weight excluding hydrogens is 356 g/mol. The van der Waals surface area contributed by atoms with Gasteiger partial charge in [-0.15, -0.1) is 0 Å². The van der Waals surface area contributed by atoms with Crippen molar-refractivity contribution < 1.29 is 14.4 Å². The summed E-state index contributed by atoms with van der Waals surface area (Å²) >= 11 is 0. The summed E-state index contributed by atoms with van der Waals surface area (Å²) < 4.78 is 0. The first-order valence-electron chi connectivity index (χ1n) is 9.41. The van der Waals surface area contributed by atoms with E-state index in [1.807, 2.05) is 18.2 Å². The van der Waals surface area contributed by atoms with Crippen LogP contribution in [-0.2, 0) is 9.59 Å². The van der Waals surface area contributed by atoms with Gasteiger partial charge in [0.25, 0.3) is 0 Å². The molecule has 0 aliphatic carbocycles. The van der Waals surface area contributed by atoms with Crippen LogP contribution in [0.1, 0.15) is 25.7 Å². The molecule has 1 aliphatic rings. The minimum atomic E-state index is -0.345. The number of nitrogens with zero attached hydrogens (tertiary/aromatic N) is 1. The first-order chi connectivity index (χ1) is 13.6. The number of carbonyl (C=O) groups excluding carboxylic acids is 3. The van der Waals surface area contributed by atoms with Crippen LogP contribution in [0.4, 0.5) is 21.9 Å². The summed E-state index contributed by atoms with van der Waals surface area (Å²) in [6.07, 6.45) is 3.36. The number of benzene rings is 2. The first-order valence-corrected chi connectivity index (χ1v) is 9.41. The maximum Gasteiger partial charge on any atom is 0.323 e. The fourth-order valence-corrected chi connectivity index (χ4v) is 3.03. The molecule has 2 aromatic rings. The Kier molecular flexibility index (Phi) is 6.62. The van der Waals surface area contributed by atoms with E-state index in [-0.39, 0.29) is 24.4 Å². The molecule has 0 bridgehead atoms. The fraction of sp³-hybridized carbons (Fsp3) is 0.286. The molecule has 0 atom stereocenters. The van der Waals surface area contributed by atoms with Crippen LogP contribution in [0.25, 0.3) is 0 Å². The highest BCUT2D eigenvalue weighted by Crippen LogP contribution is 2.15. The van der Waals surface area contributed by atoms with Gasteiger partial charge in [0, 0.05) is 30.0 Å². The van der Waals surface area contributed by atoms with E-state index in [4.69, 9.17) is 0 Å². The summed E-state index contributed by atoms with van der Waals surface area (Å²) in [4.78, 5) is 37.8. The number of likely N-dealkylation sites (tertiary alicyclic amines) is 1. The van der Waals surface area contributed by atoms with Gasteiger partial charge in [-0.1, -0.05) is 24.6 Å². The molecule has 0 saturated carbocycles. The summed E-state index contributed by atoms with van der Waals surface area (Å²) in [5.41, 5.74) is 1.92. The van der Waals surface area contributed by atoms with Crippen molar-refractivity contribution >= 4 is 34.9 Å². The van der Waals surface area contributed by atoms with Crippen molar-refractivity contribution in [1.29, 1.82) is 0 Å². The lowest BCUT2D eigenvalue weighted by Gasteiger charge is -2.19. The predicted octanol–water partition coefficient (Wildman–Crippen LogP) is 3.67. The zero-order valence-electron chi connectivity index (χ0n) is 15.6. The fourth-order valence-electron chi connectivity index (χ4n) is 3.03. The number of nitrogens with one attached hydrogen (secondary N) is 3. The molecule has 28 heavy (non-hydrogen) atoms. The lowest BCUT2D eigenvalue weighted by molar-refractivity contribution is -0.134. The summed E-state index contributed by atoms with van der Waals surface area (Å²) in [6, 6.07) is 15.6. The number of amides is 4. The summed E-state index contributed by atoms with van der Waals surface area (Å²) in [7, 11) is 0. The molecule has 146 valence electrons. The Hall–Kier alpha value is -3.35. The second-order valence-corrected chi connectivity index (χ2v) is 6.70. The van der Waals surface area contributed by atoms with Gasteiger partial charge in [-0.05, 0) is 49.2 Å². The van der Waals surface area contributed by atoms with Crippen LogP contribution in [0.2, 0.25) is 0 Å². The number of urea groups is 1. The molecule has 1 saturated heterocycles. The molecule has 0 spiro atoms. The van der Waals surface area contributed by atoms with Gasteiger partial charge in [0.1, 0.15) is 0 Å². The van der Waals surface area contributed by atoms with Crippen molar-refractivity contribution in [2.24, 2.45) is 0 Å². The maximum absolute atomic E-state index is 12.2. The Morgan fingerprint density at radius 1 is 0.786 bits per heavy atom. The highest BCUT2D eigenvalue weighted by atomic mass is 16.2. The minimum absolute atomic E-state index is 0.0385. The topological polar surface area (TPSA) is 90.5 Å². The van der Waals surface area contributed by atoms with Crippen molar-refractivity contribution in [2.75, 3.05) is 29.0 Å². The van der Waals surface area contributed by atoms with Crippen molar-refractivity contribution in [3.05, 3.63) is 54.6 Å². The lowest BCUT2D eigenvalue weighted by Crippen LogP contribution is -2.37. The summed E-state index contributed by atoms with van der Waals surface area (Å²) in [5, 5.41) is 8.26. The van der Waals surface area contributed by atoms with Crippen molar-refractivity contribution in [3.8, 4) is 0 Å². The number of hydrogen-bond donors (Lipinski definition) is 3. The monoisotopic (exact) mass is 380 g/mol. The SMILES string of the molecule is O=C(CN1CCCCCC1=O)Nc1ccc(NC(=O)Nc2ccccc2)cc1. The smallest absolute Gasteiger partial charge is 0.323 e. The molecule has 7 heteroatoms. The van der Waals surface area contributed by atoms with E-state index in [0.717, 1.165) is 19.3 Å². The highest BCUT2D eigenvalue weighted by molar-refractivity contribution is 6.00. The van der Waals surface area contributed by atoms with Crippen LogP contribution < -0.4 is 16.0 Å². The van der Waals surface area contributed by atoms with Gasteiger partial charge in [-0.25, -0.2) is 4.79 Å². The molecule has 7 nitrogen and oxygen atoms in total. The van der Waals surface area contributed by atoms with E-state index in [0.29, 0.717) is 30.0 Å². The second-order valence-electron chi connectivity index (χ2n) is 6.70. The van der Waals surface area contributed by atoms with Crippen LogP contribution in [0, 0.1) is 0 Å². The van der Waals surface area contributed by atoms with Crippen molar-refractivity contribution in [2.45, 2.75) is 25.7 Å². The number of rotatable bonds is 5. The van der Waals surface area contributed by atoms with Crippen molar-refractivity contribution in [1.82, 2.24) is 4.90 Å². The van der Waals surface area contributed by atoms with Crippen LogP contribution in [-0.4, -0.2) is 35.8 Å². The van der Waals surface area contributed by atoms with Gasteiger partial charge in [0.05, 0.1) is 6.54 Å². The lowest BCUT2D eigenvalue weighted by atomic mass is 10.2. The molecular formula is C21H24N4O3. The normalized spacial score (nSPS) is 14.1. The molecule has 1 heterocycles. The Balaban J connectivity index is 1.49. The Bertz CT molecular complexity index is 821. The van der Waals surface area contributed by atoms with E-state index in [1.54, 1.807) is 41.3 Å². The average Bonchev–Trinajstić information content (AvgIpc) is 2.88. The van der Waals surface area contributed by atoms with E-state index >= 15 is 0 Å². The van der Waals surface area contributed by atoms with Crippen LogP contribution in [0.3, 0.4) is 0 Å². The number of carbonyl (C=O) groups is 3. The van der Waals surface area contributed by atoms with Gasteiger partial charge in [0.15, 0.2) is 0 Å². The van der Waals surface area contributed by atoms with Gasteiger partial charge in [0.2, 0.25) is 11.8 Å². The molecule has 0 radical (unpaired) electrons. The van der Waals surface area contributed by atoms with Gasteiger partial charge < -0.3 is 20.9 Å². The van der Waals surface area contributed by atoms with Crippen LogP contribution >= 0.6 is 0 Å². The summed E-state index contributed by atoms with van der Waals surface area (Å²) in [6.45, 7) is 0.698. The first kappa shape index (κ1) is 19.4.